The van der Waals surface area contributed by atoms with E-state index in [1.165, 1.54) is 12.1 Å². The third-order valence-electron chi connectivity index (χ3n) is 4.95. The van der Waals surface area contributed by atoms with Gasteiger partial charge in [-0.1, -0.05) is 36.4 Å². The number of nitrogens with one attached hydrogen (secondary N) is 1. The lowest BCUT2D eigenvalue weighted by atomic mass is 10.1. The van der Waals surface area contributed by atoms with Crippen LogP contribution in [0.25, 0.3) is 0 Å². The van der Waals surface area contributed by atoms with Crippen LogP contribution in [-0.4, -0.2) is 34.0 Å². The molecule has 1 N–H and O–H groups in total. The number of rotatable bonds is 11. The summed E-state index contributed by atoms with van der Waals surface area (Å²) in [5, 5.41) is 2.85. The number of anilines is 1. The first-order chi connectivity index (χ1) is 15.9. The summed E-state index contributed by atoms with van der Waals surface area (Å²) in [4.78, 5) is 12.9. The molecule has 0 radical (unpaired) electrons. The summed E-state index contributed by atoms with van der Waals surface area (Å²) in [5.41, 5.74) is 1.53. The van der Waals surface area contributed by atoms with E-state index in [0.29, 0.717) is 25.3 Å². The first kappa shape index (κ1) is 25.0. The molecular weight excluding hydrogens is 551 g/mol. The van der Waals surface area contributed by atoms with Crippen molar-refractivity contribution in [1.29, 1.82) is 0 Å². The van der Waals surface area contributed by atoms with Crippen LogP contribution in [0.4, 0.5) is 5.69 Å². The third kappa shape index (κ3) is 6.94. The fourth-order valence-electron chi connectivity index (χ4n) is 3.34. The van der Waals surface area contributed by atoms with Gasteiger partial charge in [0, 0.05) is 10.1 Å². The predicted octanol–water partition coefficient (Wildman–Crippen LogP) is 4.63. The van der Waals surface area contributed by atoms with Crippen molar-refractivity contribution in [2.75, 3.05) is 24.0 Å². The Bertz CT molecular complexity index is 1150. The molecule has 0 saturated carbocycles. The van der Waals surface area contributed by atoms with Crippen molar-refractivity contribution < 1.29 is 17.9 Å². The van der Waals surface area contributed by atoms with Crippen LogP contribution in [0, 0.1) is 3.57 Å². The molecule has 0 atom stereocenters. The third-order valence-corrected chi connectivity index (χ3v) is 7.46. The number of benzene rings is 3. The Morgan fingerprint density at radius 1 is 0.970 bits per heavy atom. The van der Waals surface area contributed by atoms with Crippen molar-refractivity contribution in [2.45, 2.75) is 24.7 Å². The number of sulfonamides is 1. The van der Waals surface area contributed by atoms with Crippen LogP contribution in [0.1, 0.15) is 18.9 Å². The number of para-hydroxylation sites is 1. The second-order valence-electron chi connectivity index (χ2n) is 7.30. The maximum absolute atomic E-state index is 13.3. The molecule has 6 nitrogen and oxygen atoms in total. The summed E-state index contributed by atoms with van der Waals surface area (Å²) in [7, 11) is -3.89. The second-order valence-corrected chi connectivity index (χ2v) is 10.4. The van der Waals surface area contributed by atoms with E-state index in [1.807, 2.05) is 43.3 Å². The maximum atomic E-state index is 13.3. The number of hydrogen-bond acceptors (Lipinski definition) is 4. The molecule has 3 aromatic carbocycles. The highest BCUT2D eigenvalue weighted by molar-refractivity contribution is 14.1. The zero-order chi connectivity index (χ0) is 23.7. The van der Waals surface area contributed by atoms with Gasteiger partial charge in [-0.15, -0.1) is 0 Å². The highest BCUT2D eigenvalue weighted by atomic mass is 127. The van der Waals surface area contributed by atoms with Gasteiger partial charge in [0.25, 0.3) is 10.0 Å². The van der Waals surface area contributed by atoms with Gasteiger partial charge < -0.3 is 10.1 Å². The molecule has 3 rings (SSSR count). The smallest absolute Gasteiger partial charge is 0.264 e. The molecule has 33 heavy (non-hydrogen) atoms. The van der Waals surface area contributed by atoms with Gasteiger partial charge in [-0.25, -0.2) is 8.42 Å². The lowest BCUT2D eigenvalue weighted by Gasteiger charge is -2.24. The molecule has 3 aromatic rings. The van der Waals surface area contributed by atoms with Gasteiger partial charge in [0.05, 0.1) is 17.2 Å². The van der Waals surface area contributed by atoms with E-state index in [0.717, 1.165) is 25.6 Å². The highest BCUT2D eigenvalue weighted by Crippen LogP contribution is 2.24. The Balaban J connectivity index is 1.66. The van der Waals surface area contributed by atoms with Gasteiger partial charge in [-0.2, -0.15) is 0 Å². The van der Waals surface area contributed by atoms with Crippen molar-refractivity contribution in [3.05, 3.63) is 88.0 Å². The molecule has 0 unspecified atom stereocenters. The SMILES string of the molecule is CCOc1ccccc1CCCNC(=O)CN(c1ccc(I)cc1)S(=O)(=O)c1ccccc1. The molecule has 1 amide bonds. The molecule has 174 valence electrons. The van der Waals surface area contributed by atoms with Crippen molar-refractivity contribution >= 4 is 44.2 Å². The van der Waals surface area contributed by atoms with Crippen LogP contribution in [0.3, 0.4) is 0 Å². The number of halogens is 1. The van der Waals surface area contributed by atoms with Crippen molar-refractivity contribution in [1.82, 2.24) is 5.32 Å². The van der Waals surface area contributed by atoms with E-state index < -0.39 is 10.0 Å². The summed E-state index contributed by atoms with van der Waals surface area (Å²) < 4.78 is 34.4. The van der Waals surface area contributed by atoms with Crippen LogP contribution in [0.15, 0.2) is 83.8 Å². The van der Waals surface area contributed by atoms with Crippen LogP contribution in [-0.2, 0) is 21.2 Å². The molecule has 0 bridgehead atoms. The number of hydrogen-bond donors (Lipinski definition) is 1. The molecule has 0 fully saturated rings. The number of carbonyl (C=O) groups excluding carboxylic acids is 1. The summed E-state index contributed by atoms with van der Waals surface area (Å²) >= 11 is 2.16. The van der Waals surface area contributed by atoms with Gasteiger partial charge >= 0.3 is 0 Å². The van der Waals surface area contributed by atoms with Gasteiger partial charge in [0.15, 0.2) is 0 Å². The van der Waals surface area contributed by atoms with Gasteiger partial charge in [-0.3, -0.25) is 9.10 Å². The average Bonchev–Trinajstić information content (AvgIpc) is 2.82. The van der Waals surface area contributed by atoms with E-state index in [2.05, 4.69) is 27.9 Å². The van der Waals surface area contributed by atoms with E-state index in [4.69, 9.17) is 4.74 Å². The predicted molar refractivity (Wildman–Crippen MR) is 139 cm³/mol. The minimum absolute atomic E-state index is 0.142. The number of ether oxygens (including phenoxy) is 1. The minimum Gasteiger partial charge on any atom is -0.494 e. The summed E-state index contributed by atoms with van der Waals surface area (Å²) in [6, 6.07) is 23.0. The second kappa shape index (κ2) is 12.0. The monoisotopic (exact) mass is 578 g/mol. The van der Waals surface area contributed by atoms with Crippen LogP contribution < -0.4 is 14.4 Å². The normalized spacial score (nSPS) is 11.1. The quantitative estimate of drug-likeness (QED) is 0.266. The maximum Gasteiger partial charge on any atom is 0.264 e. The van der Waals surface area contributed by atoms with Crippen molar-refractivity contribution in [2.24, 2.45) is 0 Å². The zero-order valence-corrected chi connectivity index (χ0v) is 21.4. The first-order valence-electron chi connectivity index (χ1n) is 10.7. The highest BCUT2D eigenvalue weighted by Gasteiger charge is 2.27. The molecule has 0 saturated heterocycles. The molecule has 0 aliphatic rings. The van der Waals surface area contributed by atoms with Gasteiger partial charge in [0.1, 0.15) is 12.3 Å². The van der Waals surface area contributed by atoms with E-state index >= 15 is 0 Å². The molecule has 0 aliphatic carbocycles. The Hall–Kier alpha value is -2.59. The minimum atomic E-state index is -3.89. The van der Waals surface area contributed by atoms with Crippen LogP contribution in [0.2, 0.25) is 0 Å². The van der Waals surface area contributed by atoms with Crippen molar-refractivity contribution in [3.63, 3.8) is 0 Å². The molecule has 0 aromatic heterocycles. The van der Waals surface area contributed by atoms with E-state index in [1.54, 1.807) is 30.3 Å². The molecule has 8 heteroatoms. The lowest BCUT2D eigenvalue weighted by Crippen LogP contribution is -2.41. The van der Waals surface area contributed by atoms with Gasteiger partial charge in [0.2, 0.25) is 5.91 Å². The Labute approximate surface area is 209 Å². The first-order valence-corrected chi connectivity index (χ1v) is 13.2. The summed E-state index contributed by atoms with van der Waals surface area (Å²) in [6.45, 7) is 2.68. The fraction of sp³-hybridized carbons (Fsp3) is 0.240. The summed E-state index contributed by atoms with van der Waals surface area (Å²) in [6.07, 6.45) is 1.46. The Kier molecular flexibility index (Phi) is 9.13. The van der Waals surface area contributed by atoms with E-state index in [-0.39, 0.29) is 17.3 Å². The Morgan fingerprint density at radius 2 is 1.64 bits per heavy atom. The van der Waals surface area contributed by atoms with Gasteiger partial charge in [-0.05, 0) is 90.4 Å². The largest absolute Gasteiger partial charge is 0.494 e. The Morgan fingerprint density at radius 3 is 2.33 bits per heavy atom. The standard InChI is InChI=1S/C25H27IN2O4S/c1-2-32-24-13-7-6-9-20(24)10-8-18-27-25(29)19-28(22-16-14-21(26)15-17-22)33(30,31)23-11-4-3-5-12-23/h3-7,9,11-17H,2,8,10,18-19H2,1H3,(H,27,29). The number of aryl methyl sites for hydroxylation is 1. The molecule has 0 heterocycles. The van der Waals surface area contributed by atoms with Crippen LogP contribution in [0.5, 0.6) is 5.75 Å². The molecular formula is C25H27IN2O4S. The number of amides is 1. The fourth-order valence-corrected chi connectivity index (χ4v) is 5.14. The zero-order valence-electron chi connectivity index (χ0n) is 18.4. The molecule has 0 aliphatic heterocycles. The summed E-state index contributed by atoms with van der Waals surface area (Å²) in [5.74, 6) is 0.497. The lowest BCUT2D eigenvalue weighted by molar-refractivity contribution is -0.119. The number of carbonyl (C=O) groups is 1. The van der Waals surface area contributed by atoms with Crippen molar-refractivity contribution in [3.8, 4) is 5.75 Å². The number of nitrogens with zero attached hydrogens (tertiary/aromatic N) is 1. The topological polar surface area (TPSA) is 75.7 Å². The van der Waals surface area contributed by atoms with E-state index in [9.17, 15) is 13.2 Å². The average molecular weight is 578 g/mol. The van der Waals surface area contributed by atoms with Crippen LogP contribution >= 0.6 is 22.6 Å². The molecule has 0 spiro atoms.